The van der Waals surface area contributed by atoms with Gasteiger partial charge in [0.2, 0.25) is 0 Å². The third kappa shape index (κ3) is 3.77. The van der Waals surface area contributed by atoms with E-state index in [1.165, 1.54) is 12.1 Å². The summed E-state index contributed by atoms with van der Waals surface area (Å²) in [5, 5.41) is 11.1. The summed E-state index contributed by atoms with van der Waals surface area (Å²) >= 11 is 0. The monoisotopic (exact) mass is 294 g/mol. The molecule has 1 aromatic rings. The summed E-state index contributed by atoms with van der Waals surface area (Å²) in [6, 6.07) is 4.61. The van der Waals surface area contributed by atoms with Gasteiger partial charge in [-0.3, -0.25) is 14.5 Å². The average Bonchev–Trinajstić information content (AvgIpc) is 2.69. The van der Waals surface area contributed by atoms with Gasteiger partial charge in [-0.15, -0.1) is 0 Å². The fraction of sp³-hybridized carbons (Fsp3) is 0.357. The topological polar surface area (TPSA) is 86.7 Å². The van der Waals surface area contributed by atoms with E-state index in [1.54, 1.807) is 12.1 Å². The van der Waals surface area contributed by atoms with Crippen LogP contribution >= 0.6 is 0 Å². The van der Waals surface area contributed by atoms with Crippen molar-refractivity contribution in [2.45, 2.75) is 25.3 Å². The van der Waals surface area contributed by atoms with Crippen molar-refractivity contribution in [3.05, 3.63) is 35.6 Å². The Bertz CT molecular complexity index is 576. The number of rotatable bonds is 6. The van der Waals surface area contributed by atoms with E-state index in [0.717, 1.165) is 4.90 Å². The standard InChI is InChI=1S/C14H15FN2O4/c15-10-3-1-2-9(8-10)6-7-17-13(20)11(16-14(17)21)4-5-12(18)19/h1-3,8,11H,4-7H2,(H,16,21)(H,18,19)/t11-/m1/s1. The molecule has 1 aromatic carbocycles. The van der Waals surface area contributed by atoms with Crippen molar-refractivity contribution in [2.24, 2.45) is 0 Å². The Morgan fingerprint density at radius 2 is 2.14 bits per heavy atom. The Kier molecular flexibility index (Phi) is 4.52. The van der Waals surface area contributed by atoms with E-state index >= 15 is 0 Å². The van der Waals surface area contributed by atoms with Crippen molar-refractivity contribution in [2.75, 3.05) is 6.54 Å². The summed E-state index contributed by atoms with van der Waals surface area (Å²) in [6.45, 7) is 0.137. The number of aliphatic carboxylic acids is 1. The molecule has 2 N–H and O–H groups in total. The van der Waals surface area contributed by atoms with Gasteiger partial charge in [0.25, 0.3) is 5.91 Å². The minimum Gasteiger partial charge on any atom is -0.481 e. The molecule has 112 valence electrons. The smallest absolute Gasteiger partial charge is 0.324 e. The van der Waals surface area contributed by atoms with Crippen LogP contribution in [-0.4, -0.2) is 40.5 Å². The highest BCUT2D eigenvalue weighted by Gasteiger charge is 2.37. The average molecular weight is 294 g/mol. The quantitative estimate of drug-likeness (QED) is 0.771. The molecule has 7 heteroatoms. The second-order valence-electron chi connectivity index (χ2n) is 4.80. The molecule has 0 aliphatic carbocycles. The highest BCUT2D eigenvalue weighted by Crippen LogP contribution is 2.13. The Hall–Kier alpha value is -2.44. The number of carbonyl (C=O) groups is 3. The van der Waals surface area contributed by atoms with Crippen LogP contribution in [0.2, 0.25) is 0 Å². The van der Waals surface area contributed by atoms with Crippen molar-refractivity contribution < 1.29 is 23.9 Å². The van der Waals surface area contributed by atoms with Gasteiger partial charge in [0.1, 0.15) is 11.9 Å². The molecule has 0 spiro atoms. The summed E-state index contributed by atoms with van der Waals surface area (Å²) in [5.41, 5.74) is 0.685. The predicted molar refractivity (Wildman–Crippen MR) is 71.0 cm³/mol. The molecule has 0 radical (unpaired) electrons. The number of nitrogens with one attached hydrogen (secondary N) is 1. The number of benzene rings is 1. The molecule has 0 saturated carbocycles. The number of hydrogen-bond donors (Lipinski definition) is 2. The van der Waals surface area contributed by atoms with E-state index in [4.69, 9.17) is 5.11 Å². The van der Waals surface area contributed by atoms with Crippen molar-refractivity contribution in [1.82, 2.24) is 10.2 Å². The van der Waals surface area contributed by atoms with Gasteiger partial charge in [-0.2, -0.15) is 0 Å². The summed E-state index contributed by atoms with van der Waals surface area (Å²) in [5.74, 6) is -1.82. The highest BCUT2D eigenvalue weighted by molar-refractivity contribution is 6.04. The molecule has 0 unspecified atom stereocenters. The molecule has 1 saturated heterocycles. The van der Waals surface area contributed by atoms with E-state index in [-0.39, 0.29) is 25.2 Å². The lowest BCUT2D eigenvalue weighted by Crippen LogP contribution is -2.33. The normalized spacial score (nSPS) is 18.0. The summed E-state index contributed by atoms with van der Waals surface area (Å²) in [6.07, 6.45) is 0.230. The molecule has 1 aliphatic heterocycles. The molecular weight excluding hydrogens is 279 g/mol. The Balaban J connectivity index is 1.92. The highest BCUT2D eigenvalue weighted by atomic mass is 19.1. The number of imide groups is 1. The molecular formula is C14H15FN2O4. The second-order valence-corrected chi connectivity index (χ2v) is 4.80. The number of amides is 3. The Morgan fingerprint density at radius 1 is 1.38 bits per heavy atom. The van der Waals surface area contributed by atoms with Crippen molar-refractivity contribution >= 4 is 17.9 Å². The maximum Gasteiger partial charge on any atom is 0.324 e. The first kappa shape index (κ1) is 15.0. The van der Waals surface area contributed by atoms with Crippen LogP contribution in [-0.2, 0) is 16.0 Å². The number of carboxylic acids is 1. The van der Waals surface area contributed by atoms with Gasteiger partial charge in [0, 0.05) is 13.0 Å². The summed E-state index contributed by atoms with van der Waals surface area (Å²) in [4.78, 5) is 35.2. The van der Waals surface area contributed by atoms with Crippen LogP contribution in [0.15, 0.2) is 24.3 Å². The van der Waals surface area contributed by atoms with Gasteiger partial charge in [-0.1, -0.05) is 12.1 Å². The first-order chi connectivity index (χ1) is 9.97. The lowest BCUT2D eigenvalue weighted by Gasteiger charge is -2.12. The van der Waals surface area contributed by atoms with Gasteiger partial charge < -0.3 is 10.4 Å². The first-order valence-corrected chi connectivity index (χ1v) is 6.55. The van der Waals surface area contributed by atoms with Crippen LogP contribution in [0.1, 0.15) is 18.4 Å². The van der Waals surface area contributed by atoms with Crippen LogP contribution in [0, 0.1) is 5.82 Å². The Labute approximate surface area is 120 Å². The van der Waals surface area contributed by atoms with Crippen LogP contribution < -0.4 is 5.32 Å². The van der Waals surface area contributed by atoms with Crippen molar-refractivity contribution in [3.8, 4) is 0 Å². The zero-order valence-electron chi connectivity index (χ0n) is 11.2. The number of hydrogen-bond acceptors (Lipinski definition) is 3. The SMILES string of the molecule is O=C(O)CC[C@H]1NC(=O)N(CCc2cccc(F)c2)C1=O. The van der Waals surface area contributed by atoms with Crippen LogP contribution in [0.25, 0.3) is 0 Å². The zero-order valence-corrected chi connectivity index (χ0v) is 11.2. The number of carboxylic acid groups (broad SMARTS) is 1. The lowest BCUT2D eigenvalue weighted by atomic mass is 10.1. The van der Waals surface area contributed by atoms with Gasteiger partial charge in [0.05, 0.1) is 0 Å². The molecule has 6 nitrogen and oxygen atoms in total. The van der Waals surface area contributed by atoms with Gasteiger partial charge in [-0.05, 0) is 30.5 Å². The lowest BCUT2D eigenvalue weighted by molar-refractivity contribution is -0.137. The van der Waals surface area contributed by atoms with Gasteiger partial charge in [0.15, 0.2) is 0 Å². The molecule has 21 heavy (non-hydrogen) atoms. The van der Waals surface area contributed by atoms with E-state index in [1.807, 2.05) is 0 Å². The van der Waals surface area contributed by atoms with Gasteiger partial charge in [-0.25, -0.2) is 9.18 Å². The second kappa shape index (κ2) is 6.34. The third-order valence-corrected chi connectivity index (χ3v) is 3.27. The molecule has 1 aliphatic rings. The molecule has 2 rings (SSSR count). The Morgan fingerprint density at radius 3 is 2.81 bits per heavy atom. The third-order valence-electron chi connectivity index (χ3n) is 3.27. The molecule has 0 bridgehead atoms. The molecule has 0 aromatic heterocycles. The maximum absolute atomic E-state index is 13.0. The number of halogens is 1. The minimum absolute atomic E-state index is 0.0658. The van der Waals surface area contributed by atoms with Crippen LogP contribution in [0.4, 0.5) is 9.18 Å². The van der Waals surface area contributed by atoms with E-state index < -0.39 is 23.9 Å². The maximum atomic E-state index is 13.0. The first-order valence-electron chi connectivity index (χ1n) is 6.55. The van der Waals surface area contributed by atoms with Crippen molar-refractivity contribution in [3.63, 3.8) is 0 Å². The van der Waals surface area contributed by atoms with Crippen LogP contribution in [0.5, 0.6) is 0 Å². The van der Waals surface area contributed by atoms with Crippen LogP contribution in [0.3, 0.4) is 0 Å². The molecule has 1 atom stereocenters. The molecule has 1 fully saturated rings. The molecule has 1 heterocycles. The number of nitrogens with zero attached hydrogens (tertiary/aromatic N) is 1. The summed E-state index contributed by atoms with van der Waals surface area (Å²) < 4.78 is 13.0. The summed E-state index contributed by atoms with van der Waals surface area (Å²) in [7, 11) is 0. The van der Waals surface area contributed by atoms with E-state index in [2.05, 4.69) is 5.32 Å². The number of urea groups is 1. The van der Waals surface area contributed by atoms with E-state index in [0.29, 0.717) is 12.0 Å². The fourth-order valence-corrected chi connectivity index (χ4v) is 2.19. The number of carbonyl (C=O) groups excluding carboxylic acids is 2. The van der Waals surface area contributed by atoms with Gasteiger partial charge >= 0.3 is 12.0 Å². The van der Waals surface area contributed by atoms with Crippen molar-refractivity contribution in [1.29, 1.82) is 0 Å². The molecule has 3 amide bonds. The fourth-order valence-electron chi connectivity index (χ4n) is 2.19. The predicted octanol–water partition coefficient (Wildman–Crippen LogP) is 1.15. The zero-order chi connectivity index (χ0) is 15.4. The minimum atomic E-state index is -1.02. The largest absolute Gasteiger partial charge is 0.481 e. The van der Waals surface area contributed by atoms with E-state index in [9.17, 15) is 18.8 Å².